The molecule has 1 aliphatic rings. The molecule has 0 radical (unpaired) electrons. The molecule has 0 aromatic heterocycles. The highest BCUT2D eigenvalue weighted by Crippen LogP contribution is 2.22. The molecule has 1 heterocycles. The number of carbonyl (C=O) groups excluding carboxylic acids is 1. The van der Waals surface area contributed by atoms with Gasteiger partial charge in [0, 0.05) is 25.3 Å². The lowest BCUT2D eigenvalue weighted by Crippen LogP contribution is -2.30. The number of amides is 1. The van der Waals surface area contributed by atoms with Crippen LogP contribution in [-0.4, -0.2) is 53.3 Å². The minimum atomic E-state index is -3.87. The molecule has 12 heteroatoms. The predicted molar refractivity (Wildman–Crippen MR) is 140 cm³/mol. The highest BCUT2D eigenvalue weighted by molar-refractivity contribution is 7.92. The molecular formula is C26H28FN3O6S2. The SMILES string of the molecule is O=C(COc1ccc(S(=O)(=O)Nc2ccc(F)cc2)cc1)NCCc1ccc(S(=O)(=O)N2CCCC2)cc1. The van der Waals surface area contributed by atoms with Gasteiger partial charge in [-0.15, -0.1) is 0 Å². The number of rotatable bonds is 11. The van der Waals surface area contributed by atoms with Crippen LogP contribution in [0.15, 0.2) is 82.6 Å². The van der Waals surface area contributed by atoms with Crippen molar-refractivity contribution in [1.29, 1.82) is 0 Å². The van der Waals surface area contributed by atoms with Crippen LogP contribution < -0.4 is 14.8 Å². The van der Waals surface area contributed by atoms with Gasteiger partial charge in [-0.1, -0.05) is 12.1 Å². The first-order valence-corrected chi connectivity index (χ1v) is 14.9. The molecule has 0 bridgehead atoms. The normalized spacial score (nSPS) is 14.2. The van der Waals surface area contributed by atoms with E-state index in [1.165, 1.54) is 40.7 Å². The number of hydrogen-bond donors (Lipinski definition) is 2. The van der Waals surface area contributed by atoms with E-state index in [2.05, 4.69) is 10.0 Å². The molecule has 1 saturated heterocycles. The quantitative estimate of drug-likeness (QED) is 0.371. The molecule has 1 fully saturated rings. The van der Waals surface area contributed by atoms with Crippen molar-refractivity contribution in [3.63, 3.8) is 0 Å². The molecule has 202 valence electrons. The molecule has 0 spiro atoms. The zero-order valence-electron chi connectivity index (χ0n) is 20.5. The number of benzene rings is 3. The second-order valence-corrected chi connectivity index (χ2v) is 12.3. The molecule has 2 N–H and O–H groups in total. The third-order valence-electron chi connectivity index (χ3n) is 5.96. The van der Waals surface area contributed by atoms with Crippen molar-refractivity contribution in [2.75, 3.05) is 31.0 Å². The lowest BCUT2D eigenvalue weighted by Gasteiger charge is -2.15. The van der Waals surface area contributed by atoms with Crippen molar-refractivity contribution in [3.8, 4) is 5.75 Å². The monoisotopic (exact) mass is 561 g/mol. The molecule has 0 aliphatic carbocycles. The summed E-state index contributed by atoms with van der Waals surface area (Å²) >= 11 is 0. The average molecular weight is 562 g/mol. The Hall–Kier alpha value is -3.48. The Morgan fingerprint density at radius 1 is 0.842 bits per heavy atom. The van der Waals surface area contributed by atoms with Crippen molar-refractivity contribution >= 4 is 31.6 Å². The largest absolute Gasteiger partial charge is 0.484 e. The van der Waals surface area contributed by atoms with Crippen LogP contribution in [0.4, 0.5) is 10.1 Å². The van der Waals surface area contributed by atoms with Crippen molar-refractivity contribution in [3.05, 3.63) is 84.2 Å². The van der Waals surface area contributed by atoms with E-state index >= 15 is 0 Å². The summed E-state index contributed by atoms with van der Waals surface area (Å²) in [5.74, 6) is -0.512. The Morgan fingerprint density at radius 2 is 1.45 bits per heavy atom. The van der Waals surface area contributed by atoms with E-state index in [0.29, 0.717) is 31.8 Å². The van der Waals surface area contributed by atoms with Crippen LogP contribution in [0.1, 0.15) is 18.4 Å². The van der Waals surface area contributed by atoms with Gasteiger partial charge in [0.1, 0.15) is 11.6 Å². The molecule has 3 aromatic rings. The average Bonchev–Trinajstić information content (AvgIpc) is 3.46. The number of hydrogen-bond acceptors (Lipinski definition) is 6. The van der Waals surface area contributed by atoms with Gasteiger partial charge in [0.15, 0.2) is 6.61 Å². The van der Waals surface area contributed by atoms with Crippen molar-refractivity contribution in [1.82, 2.24) is 9.62 Å². The summed E-state index contributed by atoms with van der Waals surface area (Å²) in [6, 6.07) is 17.2. The fourth-order valence-corrected chi connectivity index (χ4v) is 6.47. The Morgan fingerprint density at radius 3 is 2.08 bits per heavy atom. The van der Waals surface area contributed by atoms with E-state index in [9.17, 15) is 26.0 Å². The summed E-state index contributed by atoms with van der Waals surface area (Å²) in [7, 11) is -7.32. The molecule has 4 rings (SSSR count). The van der Waals surface area contributed by atoms with Gasteiger partial charge in [0.05, 0.1) is 9.79 Å². The molecular weight excluding hydrogens is 533 g/mol. The molecule has 1 aliphatic heterocycles. The minimum absolute atomic E-state index is 0.0159. The maximum atomic E-state index is 13.0. The summed E-state index contributed by atoms with van der Waals surface area (Å²) in [6.45, 7) is 1.19. The Bertz CT molecular complexity index is 1450. The van der Waals surface area contributed by atoms with E-state index in [1.807, 2.05) is 0 Å². The Labute approximate surface area is 221 Å². The summed E-state index contributed by atoms with van der Waals surface area (Å²) in [5.41, 5.74) is 1.11. The van der Waals surface area contributed by atoms with Crippen LogP contribution in [0, 0.1) is 5.82 Å². The maximum Gasteiger partial charge on any atom is 0.261 e. The van der Waals surface area contributed by atoms with Crippen molar-refractivity contribution in [2.24, 2.45) is 0 Å². The first-order valence-electron chi connectivity index (χ1n) is 12.0. The molecule has 9 nitrogen and oxygen atoms in total. The number of sulfonamides is 2. The first kappa shape index (κ1) is 27.6. The van der Waals surface area contributed by atoms with E-state index in [1.54, 1.807) is 24.3 Å². The minimum Gasteiger partial charge on any atom is -0.484 e. The second-order valence-electron chi connectivity index (χ2n) is 8.73. The second kappa shape index (κ2) is 11.9. The van der Waals surface area contributed by atoms with Gasteiger partial charge in [0.25, 0.3) is 15.9 Å². The summed E-state index contributed by atoms with van der Waals surface area (Å²) < 4.78 is 72.5. The number of anilines is 1. The van der Waals surface area contributed by atoms with Crippen LogP contribution >= 0.6 is 0 Å². The molecule has 1 amide bonds. The highest BCUT2D eigenvalue weighted by Gasteiger charge is 2.26. The van der Waals surface area contributed by atoms with E-state index in [-0.39, 0.29) is 28.0 Å². The maximum absolute atomic E-state index is 13.0. The smallest absolute Gasteiger partial charge is 0.261 e. The number of ether oxygens (including phenoxy) is 1. The molecule has 3 aromatic carbocycles. The van der Waals surface area contributed by atoms with Crippen molar-refractivity contribution in [2.45, 2.75) is 29.1 Å². The fourth-order valence-electron chi connectivity index (χ4n) is 3.90. The van der Waals surface area contributed by atoms with Gasteiger partial charge in [-0.3, -0.25) is 9.52 Å². The Kier molecular flexibility index (Phi) is 8.65. The third kappa shape index (κ3) is 7.09. The fraction of sp³-hybridized carbons (Fsp3) is 0.269. The van der Waals surface area contributed by atoms with Crippen LogP contribution in [0.25, 0.3) is 0 Å². The van der Waals surface area contributed by atoms with Gasteiger partial charge in [0.2, 0.25) is 10.0 Å². The third-order valence-corrected chi connectivity index (χ3v) is 9.27. The van der Waals surface area contributed by atoms with E-state index in [4.69, 9.17) is 4.74 Å². The molecule has 0 unspecified atom stereocenters. The molecule has 0 atom stereocenters. The summed E-state index contributed by atoms with van der Waals surface area (Å²) in [5, 5.41) is 2.73. The van der Waals surface area contributed by atoms with Crippen molar-refractivity contribution < 1.29 is 30.8 Å². The number of halogens is 1. The molecule has 0 saturated carbocycles. The summed E-state index contributed by atoms with van der Waals surface area (Å²) in [6.07, 6.45) is 2.28. The number of carbonyl (C=O) groups is 1. The van der Waals surface area contributed by atoms with Crippen LogP contribution in [0.3, 0.4) is 0 Å². The van der Waals surface area contributed by atoms with Gasteiger partial charge in [-0.25, -0.2) is 21.2 Å². The van der Waals surface area contributed by atoms with Gasteiger partial charge < -0.3 is 10.1 Å². The number of nitrogens with one attached hydrogen (secondary N) is 2. The summed E-state index contributed by atoms with van der Waals surface area (Å²) in [4.78, 5) is 12.4. The van der Waals surface area contributed by atoms with Crippen LogP contribution in [0.5, 0.6) is 5.75 Å². The molecule has 38 heavy (non-hydrogen) atoms. The standard InChI is InChI=1S/C26H28FN3O6S2/c27-21-5-7-22(8-6-21)29-37(32,33)24-13-9-23(10-14-24)36-19-26(31)28-16-15-20-3-11-25(12-4-20)38(34,35)30-17-1-2-18-30/h3-14,29H,1-2,15-19H2,(H,28,31). The zero-order chi connectivity index (χ0) is 27.2. The topological polar surface area (TPSA) is 122 Å². The lowest BCUT2D eigenvalue weighted by molar-refractivity contribution is -0.123. The Balaban J connectivity index is 1.21. The van der Waals surface area contributed by atoms with Gasteiger partial charge >= 0.3 is 0 Å². The number of nitrogens with zero attached hydrogens (tertiary/aromatic N) is 1. The van der Waals surface area contributed by atoms with Crippen LogP contribution in [0.2, 0.25) is 0 Å². The highest BCUT2D eigenvalue weighted by atomic mass is 32.2. The van der Waals surface area contributed by atoms with E-state index in [0.717, 1.165) is 30.5 Å². The first-order chi connectivity index (χ1) is 18.1. The zero-order valence-corrected chi connectivity index (χ0v) is 22.1. The van der Waals surface area contributed by atoms with Crippen LogP contribution in [-0.2, 0) is 31.3 Å². The van der Waals surface area contributed by atoms with Gasteiger partial charge in [-0.05, 0) is 85.5 Å². The lowest BCUT2D eigenvalue weighted by atomic mass is 10.1. The van der Waals surface area contributed by atoms with Gasteiger partial charge in [-0.2, -0.15) is 4.31 Å². The van der Waals surface area contributed by atoms with E-state index < -0.39 is 25.9 Å². The predicted octanol–water partition coefficient (Wildman–Crippen LogP) is 3.15.